The first kappa shape index (κ1) is 23.4. The van der Waals surface area contributed by atoms with E-state index in [9.17, 15) is 0 Å². The van der Waals surface area contributed by atoms with Gasteiger partial charge in [0.25, 0.3) is 0 Å². The SMILES string of the molecule is CON=C(C)c1ccc(-c2ccc(-c3ccnc(NC4CC(C)(C)NC(C)(C)C4)n3)s2)cc1. The molecule has 6 nitrogen and oxygen atoms in total. The van der Waals surface area contributed by atoms with Gasteiger partial charge in [0.2, 0.25) is 5.95 Å². The summed E-state index contributed by atoms with van der Waals surface area (Å²) >= 11 is 1.73. The first-order chi connectivity index (χ1) is 15.6. The minimum atomic E-state index is 0.0726. The topological polar surface area (TPSA) is 71.4 Å². The third-order valence-corrected chi connectivity index (χ3v) is 7.01. The molecule has 4 rings (SSSR count). The molecule has 174 valence electrons. The second-order valence-electron chi connectivity index (χ2n) is 10.0. The van der Waals surface area contributed by atoms with Crippen molar-refractivity contribution in [3.05, 3.63) is 54.2 Å². The number of aromatic nitrogens is 2. The molecule has 0 unspecified atom stereocenters. The number of anilines is 1. The minimum absolute atomic E-state index is 0.0726. The zero-order valence-electron chi connectivity index (χ0n) is 20.3. The third kappa shape index (κ3) is 5.78. The Bertz CT molecular complexity index is 1120. The van der Waals surface area contributed by atoms with Gasteiger partial charge in [-0.2, -0.15) is 0 Å². The number of nitrogens with one attached hydrogen (secondary N) is 2. The molecule has 1 saturated heterocycles. The highest BCUT2D eigenvalue weighted by Crippen LogP contribution is 2.34. The Morgan fingerprint density at radius 1 is 1.03 bits per heavy atom. The fourth-order valence-electron chi connectivity index (χ4n) is 4.87. The fourth-order valence-corrected chi connectivity index (χ4v) is 5.85. The second-order valence-corrected chi connectivity index (χ2v) is 11.1. The van der Waals surface area contributed by atoms with Crippen molar-refractivity contribution in [1.82, 2.24) is 15.3 Å². The quantitative estimate of drug-likeness (QED) is 0.348. The van der Waals surface area contributed by atoms with Crippen molar-refractivity contribution in [2.24, 2.45) is 5.16 Å². The van der Waals surface area contributed by atoms with Crippen LogP contribution in [0.15, 0.2) is 53.8 Å². The highest BCUT2D eigenvalue weighted by atomic mass is 32.1. The molecule has 0 spiro atoms. The Hall–Kier alpha value is -2.77. The molecule has 2 aromatic heterocycles. The molecule has 1 aliphatic heterocycles. The predicted octanol–water partition coefficient (Wildman–Crippen LogP) is 5.96. The fraction of sp³-hybridized carbons (Fsp3) is 0.423. The van der Waals surface area contributed by atoms with Gasteiger partial charge in [-0.25, -0.2) is 9.97 Å². The van der Waals surface area contributed by atoms with Gasteiger partial charge in [0.15, 0.2) is 0 Å². The Morgan fingerprint density at radius 3 is 2.36 bits per heavy atom. The molecule has 7 heteroatoms. The maximum absolute atomic E-state index is 4.87. The molecule has 3 aromatic rings. The van der Waals surface area contributed by atoms with Gasteiger partial charge in [-0.15, -0.1) is 11.3 Å². The van der Waals surface area contributed by atoms with E-state index in [0.29, 0.717) is 12.0 Å². The van der Waals surface area contributed by atoms with E-state index in [-0.39, 0.29) is 11.1 Å². The van der Waals surface area contributed by atoms with Crippen LogP contribution in [0, 0.1) is 0 Å². The number of nitrogens with zero attached hydrogens (tertiary/aromatic N) is 3. The molecule has 0 saturated carbocycles. The first-order valence-corrected chi connectivity index (χ1v) is 12.1. The van der Waals surface area contributed by atoms with Crippen molar-refractivity contribution in [2.75, 3.05) is 12.4 Å². The normalized spacial score (nSPS) is 18.2. The van der Waals surface area contributed by atoms with Crippen molar-refractivity contribution < 1.29 is 4.84 Å². The van der Waals surface area contributed by atoms with Crippen molar-refractivity contribution >= 4 is 23.0 Å². The van der Waals surface area contributed by atoms with Crippen LogP contribution in [0.3, 0.4) is 0 Å². The van der Waals surface area contributed by atoms with Gasteiger partial charge in [-0.05, 0) is 76.8 Å². The van der Waals surface area contributed by atoms with Gasteiger partial charge in [-0.3, -0.25) is 0 Å². The molecule has 1 aromatic carbocycles. The Morgan fingerprint density at radius 2 is 1.70 bits per heavy atom. The summed E-state index contributed by atoms with van der Waals surface area (Å²) in [6.07, 6.45) is 3.89. The van der Waals surface area contributed by atoms with E-state index in [1.54, 1.807) is 18.4 Å². The molecule has 33 heavy (non-hydrogen) atoms. The molecular weight excluding hydrogens is 430 g/mol. The number of rotatable bonds is 6. The van der Waals surface area contributed by atoms with Crippen LogP contribution >= 0.6 is 11.3 Å². The Kier molecular flexibility index (Phi) is 6.54. The monoisotopic (exact) mass is 463 g/mol. The van der Waals surface area contributed by atoms with Crippen LogP contribution in [0.5, 0.6) is 0 Å². The summed E-state index contributed by atoms with van der Waals surface area (Å²) in [5, 5.41) is 11.3. The molecular formula is C26H33N5OS. The van der Waals surface area contributed by atoms with Crippen LogP contribution in [-0.2, 0) is 4.84 Å². The molecule has 2 N–H and O–H groups in total. The second kappa shape index (κ2) is 9.23. The van der Waals surface area contributed by atoms with Crippen LogP contribution in [0.2, 0.25) is 0 Å². The van der Waals surface area contributed by atoms with Gasteiger partial charge >= 0.3 is 0 Å². The van der Waals surface area contributed by atoms with E-state index < -0.39 is 0 Å². The summed E-state index contributed by atoms with van der Waals surface area (Å²) in [5.74, 6) is 0.693. The van der Waals surface area contributed by atoms with E-state index in [1.165, 1.54) is 10.4 Å². The minimum Gasteiger partial charge on any atom is -0.399 e. The average Bonchev–Trinajstić information content (AvgIpc) is 3.22. The third-order valence-electron chi connectivity index (χ3n) is 5.85. The maximum atomic E-state index is 4.87. The predicted molar refractivity (Wildman–Crippen MR) is 138 cm³/mol. The molecule has 0 radical (unpaired) electrons. The first-order valence-electron chi connectivity index (χ1n) is 11.3. The summed E-state index contributed by atoms with van der Waals surface area (Å²) < 4.78 is 0. The number of hydrogen-bond acceptors (Lipinski definition) is 7. The summed E-state index contributed by atoms with van der Waals surface area (Å²) in [6.45, 7) is 11.0. The summed E-state index contributed by atoms with van der Waals surface area (Å²) in [4.78, 5) is 16.5. The highest BCUT2D eigenvalue weighted by Gasteiger charge is 2.37. The van der Waals surface area contributed by atoms with Gasteiger partial charge < -0.3 is 15.5 Å². The highest BCUT2D eigenvalue weighted by molar-refractivity contribution is 7.18. The van der Waals surface area contributed by atoms with Gasteiger partial charge in [0.1, 0.15) is 7.11 Å². The molecule has 0 amide bonds. The van der Waals surface area contributed by atoms with Crippen LogP contribution in [0.1, 0.15) is 53.0 Å². The lowest BCUT2D eigenvalue weighted by Gasteiger charge is -2.46. The van der Waals surface area contributed by atoms with Crippen LogP contribution in [-0.4, -0.2) is 39.9 Å². The average molecular weight is 464 g/mol. The van der Waals surface area contributed by atoms with Crippen molar-refractivity contribution in [3.63, 3.8) is 0 Å². The van der Waals surface area contributed by atoms with E-state index in [2.05, 4.69) is 84.9 Å². The zero-order chi connectivity index (χ0) is 23.6. The number of piperidine rings is 1. The van der Waals surface area contributed by atoms with Crippen LogP contribution in [0.25, 0.3) is 21.0 Å². The molecule has 0 bridgehead atoms. The van der Waals surface area contributed by atoms with Crippen LogP contribution < -0.4 is 10.6 Å². The van der Waals surface area contributed by atoms with Gasteiger partial charge in [-0.1, -0.05) is 29.4 Å². The Labute approximate surface area is 200 Å². The molecule has 3 heterocycles. The molecule has 0 atom stereocenters. The summed E-state index contributed by atoms with van der Waals surface area (Å²) in [6, 6.07) is 15.0. The molecule has 0 aliphatic carbocycles. The van der Waals surface area contributed by atoms with E-state index >= 15 is 0 Å². The van der Waals surface area contributed by atoms with Crippen molar-refractivity contribution in [3.8, 4) is 21.0 Å². The van der Waals surface area contributed by atoms with Gasteiger partial charge in [0, 0.05) is 28.2 Å². The van der Waals surface area contributed by atoms with Crippen LogP contribution in [0.4, 0.5) is 5.95 Å². The van der Waals surface area contributed by atoms with Crippen molar-refractivity contribution in [2.45, 2.75) is 64.6 Å². The summed E-state index contributed by atoms with van der Waals surface area (Å²) in [7, 11) is 1.56. The molecule has 1 fully saturated rings. The lowest BCUT2D eigenvalue weighted by Crippen LogP contribution is -2.60. The largest absolute Gasteiger partial charge is 0.399 e. The number of benzene rings is 1. The molecule has 1 aliphatic rings. The Balaban J connectivity index is 1.50. The smallest absolute Gasteiger partial charge is 0.223 e. The maximum Gasteiger partial charge on any atom is 0.223 e. The van der Waals surface area contributed by atoms with Crippen molar-refractivity contribution in [1.29, 1.82) is 0 Å². The lowest BCUT2D eigenvalue weighted by atomic mass is 9.80. The lowest BCUT2D eigenvalue weighted by molar-refractivity contribution is 0.170. The van der Waals surface area contributed by atoms with Gasteiger partial charge in [0.05, 0.1) is 16.3 Å². The zero-order valence-corrected chi connectivity index (χ0v) is 21.1. The van der Waals surface area contributed by atoms with E-state index in [1.807, 2.05) is 19.2 Å². The summed E-state index contributed by atoms with van der Waals surface area (Å²) in [5.41, 5.74) is 4.17. The van der Waals surface area contributed by atoms with E-state index in [0.717, 1.165) is 34.7 Å². The van der Waals surface area contributed by atoms with E-state index in [4.69, 9.17) is 9.82 Å². The standard InChI is InChI=1S/C26H33N5OS/c1-17(30-32-6)18-7-9-19(10-8-18)22-11-12-23(33-22)21-13-14-27-24(29-21)28-20-15-25(2,3)31-26(4,5)16-20/h7-14,20,31H,15-16H2,1-6H3,(H,27,28,29). The number of thiophene rings is 1. The number of hydrogen-bond donors (Lipinski definition) is 2. The number of oxime groups is 1.